The van der Waals surface area contributed by atoms with Crippen LogP contribution in [-0.4, -0.2) is 10.9 Å². The third-order valence-electron chi connectivity index (χ3n) is 2.52. The van der Waals surface area contributed by atoms with Gasteiger partial charge in [0.1, 0.15) is 0 Å². The molecule has 0 saturated heterocycles. The van der Waals surface area contributed by atoms with E-state index in [9.17, 15) is 5.11 Å². The second kappa shape index (κ2) is 7.00. The Labute approximate surface area is 135 Å². The van der Waals surface area contributed by atoms with Crippen LogP contribution in [0.15, 0.2) is 51.8 Å². The minimum absolute atomic E-state index is 0.524. The minimum Gasteiger partial charge on any atom is -0.387 e. The van der Waals surface area contributed by atoms with Crippen molar-refractivity contribution < 1.29 is 5.11 Å². The fourth-order valence-corrected chi connectivity index (χ4v) is 3.48. The first-order chi connectivity index (χ1) is 9.06. The summed E-state index contributed by atoms with van der Waals surface area (Å²) in [6, 6.07) is 13.1. The lowest BCUT2D eigenvalue weighted by Crippen LogP contribution is -2.01. The zero-order valence-electron chi connectivity index (χ0n) is 9.82. The molecule has 2 aromatic rings. The summed E-state index contributed by atoms with van der Waals surface area (Å²) < 4.78 is 1.02. The van der Waals surface area contributed by atoms with E-state index in [0.717, 1.165) is 9.37 Å². The van der Waals surface area contributed by atoms with Crippen molar-refractivity contribution in [2.45, 2.75) is 11.0 Å². The number of rotatable bonds is 4. The van der Waals surface area contributed by atoms with E-state index in [1.807, 2.05) is 24.3 Å². The Kier molecular flexibility index (Phi) is 5.60. The molecule has 1 atom stereocenters. The summed E-state index contributed by atoms with van der Waals surface area (Å²) in [5.74, 6) is 0.524. The van der Waals surface area contributed by atoms with Crippen LogP contribution in [0.4, 0.5) is 0 Å². The summed E-state index contributed by atoms with van der Waals surface area (Å²) in [6.07, 6.45) is -0.643. The minimum atomic E-state index is -0.643. The van der Waals surface area contributed by atoms with E-state index in [1.165, 1.54) is 0 Å². The smallest absolute Gasteiger partial charge is 0.0898 e. The van der Waals surface area contributed by atoms with Gasteiger partial charge in [0, 0.05) is 30.7 Å². The topological polar surface area (TPSA) is 20.2 Å². The Morgan fingerprint density at radius 1 is 1.16 bits per heavy atom. The maximum Gasteiger partial charge on any atom is 0.0898 e. The van der Waals surface area contributed by atoms with Crippen LogP contribution < -0.4 is 0 Å². The lowest BCUT2D eigenvalue weighted by Gasteiger charge is -2.13. The highest BCUT2D eigenvalue weighted by Gasteiger charge is 2.12. The monoisotopic (exact) mass is 376 g/mol. The predicted octanol–water partition coefficient (Wildman–Crippen LogP) is 5.58. The van der Waals surface area contributed by atoms with Crippen molar-refractivity contribution in [2.75, 3.05) is 5.75 Å². The number of thioether (sulfide) groups is 1. The van der Waals surface area contributed by atoms with Gasteiger partial charge >= 0.3 is 0 Å². The molecule has 0 radical (unpaired) electrons. The third kappa shape index (κ3) is 4.40. The molecule has 2 rings (SSSR count). The molecule has 0 aliphatic rings. The van der Waals surface area contributed by atoms with Gasteiger partial charge in [0.05, 0.1) is 6.10 Å². The molecule has 0 aliphatic heterocycles. The maximum absolute atomic E-state index is 10.2. The predicted molar refractivity (Wildman–Crippen MR) is 86.3 cm³/mol. The number of aliphatic hydroxyl groups excluding tert-OH is 1. The van der Waals surface area contributed by atoms with Crippen LogP contribution in [0.25, 0.3) is 0 Å². The van der Waals surface area contributed by atoms with Gasteiger partial charge in [0.25, 0.3) is 0 Å². The Bertz CT molecular complexity index is 577. The Morgan fingerprint density at radius 3 is 2.68 bits per heavy atom. The van der Waals surface area contributed by atoms with Crippen molar-refractivity contribution in [3.05, 3.63) is 62.5 Å². The van der Waals surface area contributed by atoms with E-state index in [2.05, 4.69) is 15.9 Å². The number of aliphatic hydroxyl groups is 1. The van der Waals surface area contributed by atoms with Crippen LogP contribution in [0.2, 0.25) is 10.0 Å². The average molecular weight is 378 g/mol. The number of benzene rings is 2. The molecule has 0 fully saturated rings. The highest BCUT2D eigenvalue weighted by molar-refractivity contribution is 9.10. The van der Waals surface area contributed by atoms with Gasteiger partial charge in [-0.2, -0.15) is 0 Å². The summed E-state index contributed by atoms with van der Waals surface area (Å²) in [5, 5.41) is 11.3. The SMILES string of the molecule is OC(CSc1cccc(Br)c1)c1cc(Cl)ccc1Cl. The van der Waals surface area contributed by atoms with E-state index in [1.54, 1.807) is 30.0 Å². The van der Waals surface area contributed by atoms with Crippen molar-refractivity contribution in [1.29, 1.82) is 0 Å². The maximum atomic E-state index is 10.2. The van der Waals surface area contributed by atoms with Crippen molar-refractivity contribution in [3.8, 4) is 0 Å². The van der Waals surface area contributed by atoms with Crippen LogP contribution in [-0.2, 0) is 0 Å². The van der Waals surface area contributed by atoms with Gasteiger partial charge in [0.2, 0.25) is 0 Å². The van der Waals surface area contributed by atoms with E-state index in [-0.39, 0.29) is 0 Å². The van der Waals surface area contributed by atoms with Gasteiger partial charge in [-0.1, -0.05) is 45.2 Å². The molecule has 1 unspecified atom stereocenters. The molecule has 2 aromatic carbocycles. The molecule has 0 saturated carbocycles. The number of hydrogen-bond acceptors (Lipinski definition) is 2. The number of hydrogen-bond donors (Lipinski definition) is 1. The molecule has 0 spiro atoms. The molecule has 0 aliphatic carbocycles. The van der Waals surface area contributed by atoms with Gasteiger partial charge in [-0.25, -0.2) is 0 Å². The fourth-order valence-electron chi connectivity index (χ4n) is 1.59. The fraction of sp³-hybridized carbons (Fsp3) is 0.143. The lowest BCUT2D eigenvalue weighted by atomic mass is 10.1. The molecular weight excluding hydrogens is 367 g/mol. The van der Waals surface area contributed by atoms with Gasteiger partial charge < -0.3 is 5.11 Å². The van der Waals surface area contributed by atoms with Crippen LogP contribution in [0.1, 0.15) is 11.7 Å². The first kappa shape index (κ1) is 15.2. The molecule has 1 N–H and O–H groups in total. The molecule has 5 heteroatoms. The Hall–Kier alpha value is -0.190. The van der Waals surface area contributed by atoms with Crippen LogP contribution in [0.3, 0.4) is 0 Å². The number of halogens is 3. The zero-order chi connectivity index (χ0) is 13.8. The van der Waals surface area contributed by atoms with Crippen LogP contribution in [0, 0.1) is 0 Å². The van der Waals surface area contributed by atoms with Crippen molar-refractivity contribution in [2.24, 2.45) is 0 Å². The summed E-state index contributed by atoms with van der Waals surface area (Å²) in [4.78, 5) is 1.09. The second-order valence-corrected chi connectivity index (χ2v) is 6.80. The standard InChI is InChI=1S/C14H11BrCl2OS/c15-9-2-1-3-11(6-9)19-8-14(18)12-7-10(16)4-5-13(12)17/h1-7,14,18H,8H2. The molecule has 0 heterocycles. The van der Waals surface area contributed by atoms with Gasteiger partial charge in [-0.15, -0.1) is 11.8 Å². The summed E-state index contributed by atoms with van der Waals surface area (Å²) >= 11 is 17.0. The molecule has 0 aromatic heterocycles. The first-order valence-electron chi connectivity index (χ1n) is 5.57. The van der Waals surface area contributed by atoms with E-state index in [0.29, 0.717) is 21.4 Å². The van der Waals surface area contributed by atoms with Gasteiger partial charge in [0.15, 0.2) is 0 Å². The van der Waals surface area contributed by atoms with E-state index < -0.39 is 6.10 Å². The first-order valence-corrected chi connectivity index (χ1v) is 8.11. The molecule has 1 nitrogen and oxygen atoms in total. The van der Waals surface area contributed by atoms with E-state index >= 15 is 0 Å². The van der Waals surface area contributed by atoms with Crippen molar-refractivity contribution in [3.63, 3.8) is 0 Å². The Morgan fingerprint density at radius 2 is 1.95 bits per heavy atom. The van der Waals surface area contributed by atoms with Crippen LogP contribution >= 0.6 is 50.9 Å². The zero-order valence-corrected chi connectivity index (χ0v) is 13.7. The molecule has 100 valence electrons. The normalized spacial score (nSPS) is 12.4. The third-order valence-corrected chi connectivity index (χ3v) is 4.66. The Balaban J connectivity index is 2.05. The molecular formula is C14H11BrCl2OS. The largest absolute Gasteiger partial charge is 0.387 e. The highest BCUT2D eigenvalue weighted by atomic mass is 79.9. The van der Waals surface area contributed by atoms with Crippen molar-refractivity contribution in [1.82, 2.24) is 0 Å². The van der Waals surface area contributed by atoms with Gasteiger partial charge in [-0.05, 0) is 36.4 Å². The summed E-state index contributed by atoms with van der Waals surface area (Å²) in [6.45, 7) is 0. The van der Waals surface area contributed by atoms with Crippen molar-refractivity contribution >= 4 is 50.9 Å². The molecule has 0 bridgehead atoms. The second-order valence-electron chi connectivity index (χ2n) is 3.95. The highest BCUT2D eigenvalue weighted by Crippen LogP contribution is 2.31. The lowest BCUT2D eigenvalue weighted by molar-refractivity contribution is 0.204. The van der Waals surface area contributed by atoms with E-state index in [4.69, 9.17) is 23.2 Å². The average Bonchev–Trinajstić information content (AvgIpc) is 2.39. The van der Waals surface area contributed by atoms with Crippen LogP contribution in [0.5, 0.6) is 0 Å². The summed E-state index contributed by atoms with van der Waals surface area (Å²) in [7, 11) is 0. The molecule has 0 amide bonds. The molecule has 19 heavy (non-hydrogen) atoms. The van der Waals surface area contributed by atoms with Gasteiger partial charge in [-0.3, -0.25) is 0 Å². The summed E-state index contributed by atoms with van der Waals surface area (Å²) in [5.41, 5.74) is 0.664. The quantitative estimate of drug-likeness (QED) is 0.701.